The molecule has 2 aromatic rings. The molecule has 9 heteroatoms. The van der Waals surface area contributed by atoms with Crippen molar-refractivity contribution in [3.8, 4) is 0 Å². The van der Waals surface area contributed by atoms with E-state index in [9.17, 15) is 23.5 Å². The molecule has 2 aliphatic rings. The molecule has 0 saturated carbocycles. The minimum atomic E-state index is -1.04. The summed E-state index contributed by atoms with van der Waals surface area (Å²) in [4.78, 5) is 28.4. The normalized spacial score (nSPS) is 20.9. The van der Waals surface area contributed by atoms with Gasteiger partial charge in [-0.15, -0.1) is 0 Å². The standard InChI is InChI=1S/C25H29F2N3O4/c26-20-8-7-18(15-21(20)27)22-16-34-17-23(31)30(22)24(32)28-11-4-12-29-13-9-25(33,10-14-29)19-5-2-1-3-6-19/h1-3,5-8,15,22,33H,4,9-14,16-17H2,(H,28,32). The largest absolute Gasteiger partial charge is 0.385 e. The van der Waals surface area contributed by atoms with Crippen LogP contribution in [-0.4, -0.2) is 66.2 Å². The fraction of sp³-hybridized carbons (Fsp3) is 0.440. The maximum absolute atomic E-state index is 13.7. The molecule has 1 atom stereocenters. The number of hydrogen-bond acceptors (Lipinski definition) is 5. The van der Waals surface area contributed by atoms with Gasteiger partial charge < -0.3 is 20.1 Å². The van der Waals surface area contributed by atoms with Crippen LogP contribution in [0.1, 0.15) is 36.4 Å². The van der Waals surface area contributed by atoms with Gasteiger partial charge in [-0.05, 0) is 49.1 Å². The zero-order valence-corrected chi connectivity index (χ0v) is 18.9. The minimum absolute atomic E-state index is 0.0162. The van der Waals surface area contributed by atoms with E-state index in [1.54, 1.807) is 0 Å². The highest BCUT2D eigenvalue weighted by Crippen LogP contribution is 2.32. The zero-order valence-electron chi connectivity index (χ0n) is 18.9. The molecule has 7 nitrogen and oxygen atoms in total. The van der Waals surface area contributed by atoms with Gasteiger partial charge in [0.1, 0.15) is 6.61 Å². The average molecular weight is 474 g/mol. The van der Waals surface area contributed by atoms with E-state index in [1.807, 2.05) is 30.3 Å². The number of carbonyl (C=O) groups is 2. The van der Waals surface area contributed by atoms with Crippen LogP contribution >= 0.6 is 0 Å². The number of benzene rings is 2. The lowest BCUT2D eigenvalue weighted by Gasteiger charge is -2.38. The van der Waals surface area contributed by atoms with Crippen molar-refractivity contribution >= 4 is 11.9 Å². The Hall–Kier alpha value is -2.88. The van der Waals surface area contributed by atoms with Crippen LogP contribution in [0.25, 0.3) is 0 Å². The Morgan fingerprint density at radius 1 is 1.12 bits per heavy atom. The van der Waals surface area contributed by atoms with Gasteiger partial charge in [0, 0.05) is 19.6 Å². The zero-order chi connectivity index (χ0) is 24.1. The summed E-state index contributed by atoms with van der Waals surface area (Å²) in [5.41, 5.74) is 0.423. The maximum Gasteiger partial charge on any atom is 0.324 e. The summed E-state index contributed by atoms with van der Waals surface area (Å²) in [6, 6.07) is 11.6. The van der Waals surface area contributed by atoms with Crippen LogP contribution in [0.15, 0.2) is 48.5 Å². The molecule has 2 aliphatic heterocycles. The number of amides is 3. The van der Waals surface area contributed by atoms with E-state index in [1.165, 1.54) is 6.07 Å². The molecular formula is C25H29F2N3O4. The van der Waals surface area contributed by atoms with Crippen LogP contribution in [0, 0.1) is 11.6 Å². The van der Waals surface area contributed by atoms with E-state index in [-0.39, 0.29) is 13.2 Å². The smallest absolute Gasteiger partial charge is 0.324 e. The van der Waals surface area contributed by atoms with Crippen LogP contribution < -0.4 is 5.32 Å². The fourth-order valence-corrected chi connectivity index (χ4v) is 4.56. The van der Waals surface area contributed by atoms with Gasteiger partial charge in [0.05, 0.1) is 18.2 Å². The van der Waals surface area contributed by atoms with Crippen molar-refractivity contribution < 1.29 is 28.2 Å². The highest BCUT2D eigenvalue weighted by Gasteiger charge is 2.36. The molecule has 0 spiro atoms. The van der Waals surface area contributed by atoms with E-state index < -0.39 is 35.2 Å². The van der Waals surface area contributed by atoms with Gasteiger partial charge in [0.2, 0.25) is 0 Å². The summed E-state index contributed by atoms with van der Waals surface area (Å²) in [7, 11) is 0. The Morgan fingerprint density at radius 3 is 2.56 bits per heavy atom. The van der Waals surface area contributed by atoms with Gasteiger partial charge in [0.25, 0.3) is 5.91 Å². The third-order valence-corrected chi connectivity index (χ3v) is 6.55. The monoisotopic (exact) mass is 473 g/mol. The van der Waals surface area contributed by atoms with Gasteiger partial charge >= 0.3 is 6.03 Å². The molecule has 2 heterocycles. The van der Waals surface area contributed by atoms with Crippen molar-refractivity contribution in [2.45, 2.75) is 30.9 Å². The Morgan fingerprint density at radius 2 is 1.85 bits per heavy atom. The highest BCUT2D eigenvalue weighted by atomic mass is 19.2. The predicted octanol–water partition coefficient (Wildman–Crippen LogP) is 2.95. The van der Waals surface area contributed by atoms with Crippen molar-refractivity contribution in [1.82, 2.24) is 15.1 Å². The van der Waals surface area contributed by atoms with Gasteiger partial charge in [-0.3, -0.25) is 9.69 Å². The number of aliphatic hydroxyl groups is 1. The Balaban J connectivity index is 1.26. The second-order valence-corrected chi connectivity index (χ2v) is 8.79. The fourth-order valence-electron chi connectivity index (χ4n) is 4.56. The first-order valence-corrected chi connectivity index (χ1v) is 11.5. The van der Waals surface area contributed by atoms with Crippen molar-refractivity contribution in [3.63, 3.8) is 0 Å². The number of imide groups is 1. The summed E-state index contributed by atoms with van der Waals surface area (Å²) in [5, 5.41) is 13.7. The topological polar surface area (TPSA) is 82.1 Å². The molecule has 0 aromatic heterocycles. The molecule has 2 aromatic carbocycles. The molecule has 2 N–H and O–H groups in total. The van der Waals surface area contributed by atoms with Crippen LogP contribution in [0.4, 0.5) is 13.6 Å². The predicted molar refractivity (Wildman–Crippen MR) is 121 cm³/mol. The first-order chi connectivity index (χ1) is 16.4. The minimum Gasteiger partial charge on any atom is -0.385 e. The number of halogens is 2. The first-order valence-electron chi connectivity index (χ1n) is 11.5. The third-order valence-electron chi connectivity index (χ3n) is 6.55. The van der Waals surface area contributed by atoms with Gasteiger partial charge in [0.15, 0.2) is 11.6 Å². The molecule has 2 saturated heterocycles. The molecule has 4 rings (SSSR count). The summed E-state index contributed by atoms with van der Waals surface area (Å²) >= 11 is 0. The van der Waals surface area contributed by atoms with Crippen molar-refractivity contribution in [1.29, 1.82) is 0 Å². The molecule has 0 aliphatic carbocycles. The summed E-state index contributed by atoms with van der Waals surface area (Å²) < 4.78 is 32.2. The first kappa shape index (κ1) is 24.3. The van der Waals surface area contributed by atoms with Crippen molar-refractivity contribution in [3.05, 3.63) is 71.3 Å². The lowest BCUT2D eigenvalue weighted by Crippen LogP contribution is -2.52. The van der Waals surface area contributed by atoms with E-state index in [0.717, 1.165) is 42.2 Å². The van der Waals surface area contributed by atoms with E-state index >= 15 is 0 Å². The van der Waals surface area contributed by atoms with E-state index in [4.69, 9.17) is 4.74 Å². The summed E-state index contributed by atoms with van der Waals surface area (Å²) in [5.74, 6) is -2.57. The molecule has 34 heavy (non-hydrogen) atoms. The molecular weight excluding hydrogens is 444 g/mol. The number of nitrogens with zero attached hydrogens (tertiary/aromatic N) is 2. The number of hydrogen-bond donors (Lipinski definition) is 2. The van der Waals surface area contributed by atoms with Crippen LogP contribution in [0.2, 0.25) is 0 Å². The van der Waals surface area contributed by atoms with Crippen molar-refractivity contribution in [2.24, 2.45) is 0 Å². The maximum atomic E-state index is 13.7. The summed E-state index contributed by atoms with van der Waals surface area (Å²) in [6.45, 7) is 2.37. The summed E-state index contributed by atoms with van der Waals surface area (Å²) in [6.07, 6.45) is 1.95. The lowest BCUT2D eigenvalue weighted by atomic mass is 9.84. The highest BCUT2D eigenvalue weighted by molar-refractivity contribution is 5.96. The van der Waals surface area contributed by atoms with Crippen LogP contribution in [0.3, 0.4) is 0 Å². The van der Waals surface area contributed by atoms with Gasteiger partial charge in [-0.25, -0.2) is 13.6 Å². The number of urea groups is 1. The average Bonchev–Trinajstić information content (AvgIpc) is 2.85. The number of carbonyl (C=O) groups excluding carboxylic acids is 2. The molecule has 0 radical (unpaired) electrons. The molecule has 1 unspecified atom stereocenters. The van der Waals surface area contributed by atoms with Gasteiger partial charge in [-0.2, -0.15) is 0 Å². The number of likely N-dealkylation sites (tertiary alicyclic amines) is 1. The SMILES string of the molecule is O=C1COCC(c2ccc(F)c(F)c2)N1C(=O)NCCCN1CCC(O)(c2ccccc2)CC1. The van der Waals surface area contributed by atoms with E-state index in [0.29, 0.717) is 31.4 Å². The number of morpholine rings is 1. The second kappa shape index (κ2) is 10.6. The number of rotatable bonds is 6. The lowest BCUT2D eigenvalue weighted by molar-refractivity contribution is -0.143. The molecule has 2 fully saturated rings. The van der Waals surface area contributed by atoms with Crippen molar-refractivity contribution in [2.75, 3.05) is 39.4 Å². The van der Waals surface area contributed by atoms with Gasteiger partial charge in [-0.1, -0.05) is 36.4 Å². The number of piperidine rings is 1. The van der Waals surface area contributed by atoms with Crippen LogP contribution in [-0.2, 0) is 15.1 Å². The molecule has 182 valence electrons. The third kappa shape index (κ3) is 5.43. The number of ether oxygens (including phenoxy) is 1. The molecule has 3 amide bonds. The Bertz CT molecular complexity index is 1010. The Kier molecular flexibility index (Phi) is 7.55. The quantitative estimate of drug-likeness (QED) is 0.631. The number of nitrogens with one attached hydrogen (secondary N) is 1. The van der Waals surface area contributed by atoms with E-state index in [2.05, 4.69) is 10.2 Å². The Labute approximate surface area is 197 Å². The second-order valence-electron chi connectivity index (χ2n) is 8.79. The molecule has 0 bridgehead atoms. The van der Waals surface area contributed by atoms with Crippen LogP contribution in [0.5, 0.6) is 0 Å².